The lowest BCUT2D eigenvalue weighted by atomic mass is 10.2. The van der Waals surface area contributed by atoms with E-state index in [2.05, 4.69) is 32.9 Å². The van der Waals surface area contributed by atoms with Crippen molar-refractivity contribution in [3.8, 4) is 0 Å². The third kappa shape index (κ3) is 5.25. The van der Waals surface area contributed by atoms with Crippen LogP contribution in [0, 0.1) is 0 Å². The Morgan fingerprint density at radius 2 is 2.21 bits per heavy atom. The summed E-state index contributed by atoms with van der Waals surface area (Å²) >= 11 is 1.73. The highest BCUT2D eigenvalue weighted by molar-refractivity contribution is 14.0. The van der Waals surface area contributed by atoms with Crippen molar-refractivity contribution in [2.24, 2.45) is 4.99 Å². The molecule has 0 amide bonds. The highest BCUT2D eigenvalue weighted by atomic mass is 127. The predicted molar refractivity (Wildman–Crippen MR) is 92.5 cm³/mol. The number of halogens is 1. The molecule has 1 aliphatic carbocycles. The molecule has 0 unspecified atom stereocenters. The number of thiazole rings is 1. The van der Waals surface area contributed by atoms with Gasteiger partial charge in [0.05, 0.1) is 17.2 Å². The quantitative estimate of drug-likeness (QED) is 0.469. The molecule has 19 heavy (non-hydrogen) atoms. The van der Waals surface area contributed by atoms with Crippen molar-refractivity contribution in [2.75, 3.05) is 7.05 Å². The summed E-state index contributed by atoms with van der Waals surface area (Å²) in [5.41, 5.74) is 1.10. The Morgan fingerprint density at radius 3 is 2.79 bits per heavy atom. The molecule has 4 nitrogen and oxygen atoms in total. The van der Waals surface area contributed by atoms with Crippen LogP contribution in [0.1, 0.15) is 43.3 Å². The third-order valence-electron chi connectivity index (χ3n) is 3.26. The van der Waals surface area contributed by atoms with Crippen molar-refractivity contribution in [1.29, 1.82) is 0 Å². The minimum atomic E-state index is 0. The fourth-order valence-corrected chi connectivity index (χ4v) is 2.97. The molecular weight excluding hydrogens is 371 g/mol. The number of rotatable bonds is 4. The van der Waals surface area contributed by atoms with Gasteiger partial charge in [0.25, 0.3) is 0 Å². The molecular formula is C13H23IN4S. The number of nitrogens with zero attached hydrogens (tertiary/aromatic N) is 2. The predicted octanol–water partition coefficient (Wildman–Crippen LogP) is 2.93. The zero-order valence-electron chi connectivity index (χ0n) is 11.6. The first kappa shape index (κ1) is 16.7. The van der Waals surface area contributed by atoms with E-state index in [0.717, 1.165) is 24.6 Å². The summed E-state index contributed by atoms with van der Waals surface area (Å²) in [6, 6.07) is 0.595. The van der Waals surface area contributed by atoms with Crippen LogP contribution in [-0.2, 0) is 13.0 Å². The van der Waals surface area contributed by atoms with E-state index in [-0.39, 0.29) is 24.0 Å². The van der Waals surface area contributed by atoms with Crippen LogP contribution in [0.4, 0.5) is 0 Å². The van der Waals surface area contributed by atoms with E-state index < -0.39 is 0 Å². The van der Waals surface area contributed by atoms with Crippen LogP contribution in [-0.4, -0.2) is 24.0 Å². The lowest BCUT2D eigenvalue weighted by Gasteiger charge is -2.16. The van der Waals surface area contributed by atoms with Gasteiger partial charge in [-0.15, -0.1) is 35.3 Å². The highest BCUT2D eigenvalue weighted by Gasteiger charge is 2.15. The first-order valence-electron chi connectivity index (χ1n) is 6.72. The lowest BCUT2D eigenvalue weighted by molar-refractivity contribution is 0.612. The molecule has 1 heterocycles. The largest absolute Gasteiger partial charge is 0.354 e. The Balaban J connectivity index is 0.00000180. The number of aryl methyl sites for hydroxylation is 1. The molecule has 2 rings (SSSR count). The normalized spacial score (nSPS) is 16.2. The first-order chi connectivity index (χ1) is 8.81. The van der Waals surface area contributed by atoms with Crippen LogP contribution in [0.3, 0.4) is 0 Å². The Kier molecular flexibility index (Phi) is 7.67. The molecule has 2 N–H and O–H groups in total. The van der Waals surface area contributed by atoms with E-state index in [1.807, 2.05) is 7.05 Å². The van der Waals surface area contributed by atoms with E-state index in [9.17, 15) is 0 Å². The van der Waals surface area contributed by atoms with Gasteiger partial charge in [-0.05, 0) is 19.3 Å². The van der Waals surface area contributed by atoms with Crippen LogP contribution in [0.15, 0.2) is 10.4 Å². The second-order valence-electron chi connectivity index (χ2n) is 4.64. The zero-order chi connectivity index (χ0) is 12.8. The average Bonchev–Trinajstić information content (AvgIpc) is 3.05. The molecule has 1 aromatic rings. The summed E-state index contributed by atoms with van der Waals surface area (Å²) in [7, 11) is 1.82. The molecule has 0 saturated heterocycles. The molecule has 0 radical (unpaired) electrons. The van der Waals surface area contributed by atoms with E-state index >= 15 is 0 Å². The first-order valence-corrected chi connectivity index (χ1v) is 7.60. The van der Waals surface area contributed by atoms with Gasteiger partial charge in [-0.25, -0.2) is 4.98 Å². The third-order valence-corrected chi connectivity index (χ3v) is 4.30. The van der Waals surface area contributed by atoms with Crippen LogP contribution in [0.5, 0.6) is 0 Å². The summed E-state index contributed by atoms with van der Waals surface area (Å²) in [6.07, 6.45) is 6.20. The van der Waals surface area contributed by atoms with Gasteiger partial charge in [0.1, 0.15) is 0 Å². The van der Waals surface area contributed by atoms with E-state index in [0.29, 0.717) is 6.04 Å². The van der Waals surface area contributed by atoms with Gasteiger partial charge in [0.2, 0.25) is 0 Å². The van der Waals surface area contributed by atoms with Gasteiger partial charge in [-0.1, -0.05) is 19.8 Å². The number of hydrogen-bond donors (Lipinski definition) is 2. The molecule has 1 aromatic heterocycles. The molecule has 1 fully saturated rings. The molecule has 0 bridgehead atoms. The van der Waals surface area contributed by atoms with Crippen molar-refractivity contribution >= 4 is 41.3 Å². The number of nitrogens with one attached hydrogen (secondary N) is 2. The van der Waals surface area contributed by atoms with Crippen LogP contribution in [0.25, 0.3) is 0 Å². The van der Waals surface area contributed by atoms with Crippen molar-refractivity contribution < 1.29 is 0 Å². The van der Waals surface area contributed by atoms with Crippen LogP contribution >= 0.6 is 35.3 Å². The van der Waals surface area contributed by atoms with E-state index in [4.69, 9.17) is 0 Å². The zero-order valence-corrected chi connectivity index (χ0v) is 14.8. The lowest BCUT2D eigenvalue weighted by Crippen LogP contribution is -2.41. The van der Waals surface area contributed by atoms with Crippen molar-refractivity contribution in [1.82, 2.24) is 15.6 Å². The van der Waals surface area contributed by atoms with Gasteiger partial charge in [-0.2, -0.15) is 0 Å². The van der Waals surface area contributed by atoms with Gasteiger partial charge in [-0.3, -0.25) is 4.99 Å². The second kappa shape index (κ2) is 8.73. The van der Waals surface area contributed by atoms with Crippen molar-refractivity contribution in [3.63, 3.8) is 0 Å². The minimum absolute atomic E-state index is 0. The number of aromatic nitrogens is 1. The molecule has 0 spiro atoms. The second-order valence-corrected chi connectivity index (χ2v) is 5.58. The van der Waals surface area contributed by atoms with E-state index in [1.165, 1.54) is 30.7 Å². The van der Waals surface area contributed by atoms with Gasteiger partial charge >= 0.3 is 0 Å². The maximum Gasteiger partial charge on any atom is 0.191 e. The monoisotopic (exact) mass is 394 g/mol. The minimum Gasteiger partial charge on any atom is -0.354 e. The average molecular weight is 394 g/mol. The Morgan fingerprint density at radius 1 is 1.47 bits per heavy atom. The Labute approximate surface area is 136 Å². The number of hydrogen-bond acceptors (Lipinski definition) is 3. The summed E-state index contributed by atoms with van der Waals surface area (Å²) in [5.74, 6) is 0.896. The fourth-order valence-electron chi connectivity index (χ4n) is 2.22. The van der Waals surface area contributed by atoms with Crippen molar-refractivity contribution in [2.45, 2.75) is 51.6 Å². The molecule has 1 aliphatic rings. The summed E-state index contributed by atoms with van der Waals surface area (Å²) in [6.45, 7) is 2.89. The standard InChI is InChI=1S/C13H22N4S.HI/c1-3-12-16-11(9-18-12)8-15-13(14-2)17-10-6-4-5-7-10;/h9-10H,3-8H2,1-2H3,(H2,14,15,17);1H. The number of aliphatic imine (C=N–C) groups is 1. The molecule has 0 aliphatic heterocycles. The Bertz CT molecular complexity index is 399. The maximum atomic E-state index is 4.54. The summed E-state index contributed by atoms with van der Waals surface area (Å²) in [5, 5.41) is 10.1. The Hall–Kier alpha value is -0.370. The van der Waals surface area contributed by atoms with Crippen LogP contribution < -0.4 is 10.6 Å². The maximum absolute atomic E-state index is 4.54. The smallest absolute Gasteiger partial charge is 0.191 e. The molecule has 0 aromatic carbocycles. The number of guanidine groups is 1. The summed E-state index contributed by atoms with van der Waals surface area (Å²) in [4.78, 5) is 8.80. The van der Waals surface area contributed by atoms with Gasteiger partial charge in [0, 0.05) is 18.5 Å². The topological polar surface area (TPSA) is 49.3 Å². The van der Waals surface area contributed by atoms with E-state index in [1.54, 1.807) is 11.3 Å². The van der Waals surface area contributed by atoms with Gasteiger partial charge < -0.3 is 10.6 Å². The van der Waals surface area contributed by atoms with Crippen molar-refractivity contribution in [3.05, 3.63) is 16.1 Å². The molecule has 1 saturated carbocycles. The van der Waals surface area contributed by atoms with Crippen LogP contribution in [0.2, 0.25) is 0 Å². The molecule has 108 valence electrons. The summed E-state index contributed by atoms with van der Waals surface area (Å²) < 4.78 is 0. The molecule has 0 atom stereocenters. The fraction of sp³-hybridized carbons (Fsp3) is 0.692. The van der Waals surface area contributed by atoms with Gasteiger partial charge in [0.15, 0.2) is 5.96 Å². The highest BCUT2D eigenvalue weighted by Crippen LogP contribution is 2.17. The SMILES string of the molecule is CCc1nc(CNC(=NC)NC2CCCC2)cs1.I. The molecule has 6 heteroatoms.